The molecule has 1 aliphatic rings. The fraction of sp³-hybridized carbons (Fsp3) is 0.600. The van der Waals surface area contributed by atoms with Crippen LogP contribution in [0.1, 0.15) is 27.7 Å². The summed E-state index contributed by atoms with van der Waals surface area (Å²) in [6.07, 6.45) is 0. The van der Waals surface area contributed by atoms with Gasteiger partial charge in [0.05, 0.1) is 0 Å². The molecule has 1 aromatic carbocycles. The maximum Gasteiger partial charge on any atom is 0.0394 e. The number of hydrogen-bond acceptors (Lipinski definition) is 2. The van der Waals surface area contributed by atoms with Gasteiger partial charge in [-0.15, -0.1) is 0 Å². The molecule has 2 rings (SSSR count). The Morgan fingerprint density at radius 2 is 1.59 bits per heavy atom. The van der Waals surface area contributed by atoms with Gasteiger partial charge in [-0.2, -0.15) is 0 Å². The van der Waals surface area contributed by atoms with Gasteiger partial charge in [0.1, 0.15) is 0 Å². The quantitative estimate of drug-likeness (QED) is 0.737. The van der Waals surface area contributed by atoms with Crippen LogP contribution in [0, 0.1) is 0 Å². The second-order valence-corrected chi connectivity index (χ2v) is 5.90. The topological polar surface area (TPSA) is 6.48 Å². The van der Waals surface area contributed by atoms with Gasteiger partial charge < -0.3 is 9.80 Å². The van der Waals surface area contributed by atoms with Crippen molar-refractivity contribution in [2.45, 2.75) is 26.2 Å². The largest absolute Gasteiger partial charge is 0.369 e. The van der Waals surface area contributed by atoms with Crippen molar-refractivity contribution in [3.63, 3.8) is 0 Å². The van der Waals surface area contributed by atoms with E-state index in [1.165, 1.54) is 11.3 Å². The highest BCUT2D eigenvalue weighted by Crippen LogP contribution is 2.25. The summed E-state index contributed by atoms with van der Waals surface area (Å²) in [7, 11) is 0.427. The summed E-state index contributed by atoms with van der Waals surface area (Å²) in [6, 6.07) is 8.95. The minimum absolute atomic E-state index is 0.225. The number of rotatable bonds is 1. The Hall–Kier alpha value is -1.02. The number of anilines is 1. The normalized spacial score (nSPS) is 19.2. The summed E-state index contributed by atoms with van der Waals surface area (Å²) in [5, 5.41) is 0. The van der Waals surface area contributed by atoms with Crippen LogP contribution in [0.3, 0.4) is 0 Å². The summed E-state index contributed by atoms with van der Waals surface area (Å²) >= 11 is 0. The van der Waals surface area contributed by atoms with E-state index in [9.17, 15) is 0 Å². The minimum atomic E-state index is 0.225. The monoisotopic (exact) mass is 234 g/mol. The summed E-state index contributed by atoms with van der Waals surface area (Å²) < 4.78 is 7.37. The van der Waals surface area contributed by atoms with Crippen LogP contribution in [0.5, 0.6) is 0 Å². The first-order valence-corrected chi connectivity index (χ1v) is 6.38. The predicted molar refractivity (Wildman–Crippen MR) is 74.9 cm³/mol. The molecule has 0 atom stereocenters. The van der Waals surface area contributed by atoms with Crippen molar-refractivity contribution in [3.8, 4) is 0 Å². The van der Waals surface area contributed by atoms with Gasteiger partial charge in [0, 0.05) is 33.2 Å². The van der Waals surface area contributed by atoms with Crippen LogP contribution in [0.25, 0.3) is 0 Å². The molecular weight excluding hydrogens is 208 g/mol. The third kappa shape index (κ3) is 3.01. The molecule has 17 heavy (non-hydrogen) atoms. The molecule has 1 fully saturated rings. The SMILES string of the molecule is [3H]CN1CCN(c2ccc(C(C)(C)C)cc2)CC1. The third-order valence-electron chi connectivity index (χ3n) is 3.47. The van der Waals surface area contributed by atoms with E-state index in [-0.39, 0.29) is 5.41 Å². The van der Waals surface area contributed by atoms with E-state index in [2.05, 4.69) is 54.8 Å². The van der Waals surface area contributed by atoms with E-state index in [1.807, 2.05) is 0 Å². The molecule has 2 heteroatoms. The first-order chi connectivity index (χ1) is 8.50. The minimum Gasteiger partial charge on any atom is -0.369 e. The highest BCUT2D eigenvalue weighted by atomic mass is 15.2. The highest BCUT2D eigenvalue weighted by Gasteiger charge is 2.16. The van der Waals surface area contributed by atoms with E-state index in [1.54, 1.807) is 0 Å². The van der Waals surface area contributed by atoms with Gasteiger partial charge in [-0.1, -0.05) is 32.9 Å². The molecule has 0 radical (unpaired) electrons. The van der Waals surface area contributed by atoms with Crippen LogP contribution in [-0.2, 0) is 5.41 Å². The van der Waals surface area contributed by atoms with Crippen molar-refractivity contribution >= 4 is 5.69 Å². The van der Waals surface area contributed by atoms with Gasteiger partial charge in [-0.05, 0) is 30.1 Å². The highest BCUT2D eigenvalue weighted by molar-refractivity contribution is 5.49. The Morgan fingerprint density at radius 1 is 1.00 bits per heavy atom. The molecule has 0 bridgehead atoms. The van der Waals surface area contributed by atoms with Crippen LogP contribution >= 0.6 is 0 Å². The first-order valence-electron chi connectivity index (χ1n) is 7.08. The summed E-state index contributed by atoms with van der Waals surface area (Å²) in [4.78, 5) is 4.60. The lowest BCUT2D eigenvalue weighted by molar-refractivity contribution is 0.313. The molecule has 0 unspecified atom stereocenters. The average Bonchev–Trinajstić information content (AvgIpc) is 2.38. The number of benzene rings is 1. The van der Waals surface area contributed by atoms with Crippen LogP contribution in [0.2, 0.25) is 0 Å². The van der Waals surface area contributed by atoms with Crippen LogP contribution in [-0.4, -0.2) is 38.1 Å². The number of likely N-dealkylation sites (N-methyl/N-ethyl adjacent to an activating group) is 1. The molecule has 1 aromatic rings. The Kier molecular flexibility index (Phi) is 3.06. The smallest absolute Gasteiger partial charge is 0.0394 e. The van der Waals surface area contributed by atoms with Crippen molar-refractivity contribution < 1.29 is 1.37 Å². The van der Waals surface area contributed by atoms with E-state index in [0.29, 0.717) is 7.02 Å². The van der Waals surface area contributed by atoms with Gasteiger partial charge in [0.25, 0.3) is 0 Å². The van der Waals surface area contributed by atoms with Gasteiger partial charge in [-0.25, -0.2) is 0 Å². The van der Waals surface area contributed by atoms with Crippen molar-refractivity contribution in [1.82, 2.24) is 4.90 Å². The fourth-order valence-corrected chi connectivity index (χ4v) is 2.18. The lowest BCUT2D eigenvalue weighted by atomic mass is 9.87. The Balaban J connectivity index is 2.02. The zero-order chi connectivity index (χ0) is 13.2. The molecule has 1 aliphatic heterocycles. The average molecular weight is 234 g/mol. The molecule has 94 valence electrons. The summed E-state index contributed by atoms with van der Waals surface area (Å²) in [6.45, 7) is 10.8. The van der Waals surface area contributed by atoms with Crippen LogP contribution < -0.4 is 4.90 Å². The molecule has 0 N–H and O–H groups in total. The molecule has 1 heterocycles. The molecule has 0 amide bonds. The van der Waals surface area contributed by atoms with Gasteiger partial charge in [-0.3, -0.25) is 0 Å². The zero-order valence-electron chi connectivity index (χ0n) is 12.2. The Labute approximate surface area is 107 Å². The third-order valence-corrected chi connectivity index (χ3v) is 3.47. The van der Waals surface area contributed by atoms with Crippen molar-refractivity contribution in [3.05, 3.63) is 29.8 Å². The number of hydrogen-bond donors (Lipinski definition) is 0. The Morgan fingerprint density at radius 3 is 2.06 bits per heavy atom. The van der Waals surface area contributed by atoms with Crippen LogP contribution in [0.15, 0.2) is 24.3 Å². The molecule has 0 spiro atoms. The van der Waals surface area contributed by atoms with E-state index >= 15 is 0 Å². The lowest BCUT2D eigenvalue weighted by Gasteiger charge is -2.34. The maximum atomic E-state index is 7.37. The summed E-state index contributed by atoms with van der Waals surface area (Å²) in [5.74, 6) is 0. The van der Waals surface area contributed by atoms with Crippen molar-refractivity contribution in [1.29, 1.82) is 0 Å². The maximum absolute atomic E-state index is 7.37. The molecule has 2 nitrogen and oxygen atoms in total. The van der Waals surface area contributed by atoms with Crippen molar-refractivity contribution in [2.24, 2.45) is 0 Å². The van der Waals surface area contributed by atoms with Crippen molar-refractivity contribution in [2.75, 3.05) is 38.1 Å². The molecule has 1 saturated heterocycles. The first kappa shape index (κ1) is 11.1. The van der Waals surface area contributed by atoms with E-state index < -0.39 is 0 Å². The molecule has 0 aliphatic carbocycles. The lowest BCUT2D eigenvalue weighted by Crippen LogP contribution is -2.44. The molecule has 0 aromatic heterocycles. The zero-order valence-corrected chi connectivity index (χ0v) is 11.2. The van der Waals surface area contributed by atoms with Gasteiger partial charge >= 0.3 is 0 Å². The number of nitrogens with zero attached hydrogens (tertiary/aromatic N) is 2. The van der Waals surface area contributed by atoms with Gasteiger partial charge in [0.15, 0.2) is 0 Å². The second-order valence-electron chi connectivity index (χ2n) is 5.90. The standard InChI is InChI=1S/C15H24N2/c1-15(2,3)13-5-7-14(8-6-13)17-11-9-16(4)10-12-17/h5-8H,9-12H2,1-4H3/i4T. The van der Waals surface area contributed by atoms with E-state index in [0.717, 1.165) is 26.2 Å². The Bertz CT molecular complexity index is 372. The predicted octanol–water partition coefficient (Wildman–Crippen LogP) is 2.74. The fourth-order valence-electron chi connectivity index (χ4n) is 2.18. The number of piperazine rings is 1. The van der Waals surface area contributed by atoms with Gasteiger partial charge in [0.2, 0.25) is 0 Å². The summed E-state index contributed by atoms with van der Waals surface area (Å²) in [5.41, 5.74) is 2.92. The second kappa shape index (κ2) is 4.69. The van der Waals surface area contributed by atoms with E-state index in [4.69, 9.17) is 1.37 Å². The molecular formula is C15H24N2. The van der Waals surface area contributed by atoms with Crippen LogP contribution in [0.4, 0.5) is 5.69 Å². The molecule has 0 saturated carbocycles.